The zero-order valence-electron chi connectivity index (χ0n) is 10.3. The highest BCUT2D eigenvalue weighted by Crippen LogP contribution is 2.18. The van der Waals surface area contributed by atoms with Gasteiger partial charge in [-0.05, 0) is 29.9 Å². The lowest BCUT2D eigenvalue weighted by Gasteiger charge is -2.14. The van der Waals surface area contributed by atoms with E-state index in [1.54, 1.807) is 16.3 Å². The molecule has 2 heterocycles. The van der Waals surface area contributed by atoms with Crippen LogP contribution in [-0.4, -0.2) is 44.9 Å². The molecule has 0 radical (unpaired) electrons. The number of nitrogens with zero attached hydrogens (tertiary/aromatic N) is 1. The summed E-state index contributed by atoms with van der Waals surface area (Å²) in [7, 11) is -1.35. The number of hydrogen-bond donors (Lipinski definition) is 1. The summed E-state index contributed by atoms with van der Waals surface area (Å²) in [5.74, 6) is -0.990. The van der Waals surface area contributed by atoms with Crippen molar-refractivity contribution >= 4 is 34.0 Å². The number of carboxylic acids is 1. The normalized spacial score (nSPS) is 16.5. The fourth-order valence-electron chi connectivity index (χ4n) is 2.06. The maximum absolute atomic E-state index is 11.9. The first-order valence-electron chi connectivity index (χ1n) is 6.00. The van der Waals surface area contributed by atoms with E-state index in [1.165, 1.54) is 0 Å². The van der Waals surface area contributed by atoms with Gasteiger partial charge >= 0.3 is 5.97 Å². The van der Waals surface area contributed by atoms with Crippen LogP contribution in [0.2, 0.25) is 0 Å². The number of rotatable bonds is 5. The van der Waals surface area contributed by atoms with Gasteiger partial charge in [0.15, 0.2) is 0 Å². The molecule has 1 aromatic rings. The molecule has 2 rings (SSSR count). The van der Waals surface area contributed by atoms with E-state index in [9.17, 15) is 13.8 Å². The van der Waals surface area contributed by atoms with Gasteiger partial charge in [-0.3, -0.25) is 9.00 Å². The van der Waals surface area contributed by atoms with Crippen molar-refractivity contribution in [3.63, 3.8) is 0 Å². The molecule has 0 bridgehead atoms. The molecular weight excluding hydrogens is 286 g/mol. The van der Waals surface area contributed by atoms with Crippen molar-refractivity contribution in [2.24, 2.45) is 0 Å². The Labute approximate surface area is 117 Å². The number of hydrogen-bond acceptors (Lipinski definition) is 4. The van der Waals surface area contributed by atoms with Crippen LogP contribution in [0.4, 0.5) is 0 Å². The Kier molecular flexibility index (Phi) is 4.71. The third-order valence-electron chi connectivity index (χ3n) is 3.00. The minimum Gasteiger partial charge on any atom is -0.477 e. The molecule has 19 heavy (non-hydrogen) atoms. The third kappa shape index (κ3) is 3.63. The van der Waals surface area contributed by atoms with Gasteiger partial charge < -0.3 is 10.0 Å². The minimum absolute atomic E-state index is 0.0189. The second-order valence-electron chi connectivity index (χ2n) is 4.40. The predicted molar refractivity (Wildman–Crippen MR) is 73.8 cm³/mol. The Morgan fingerprint density at radius 2 is 2.05 bits per heavy atom. The van der Waals surface area contributed by atoms with Crippen molar-refractivity contribution in [3.8, 4) is 0 Å². The first-order valence-corrected chi connectivity index (χ1v) is 8.37. The first kappa shape index (κ1) is 14.2. The molecule has 0 saturated carbocycles. The lowest BCUT2D eigenvalue weighted by molar-refractivity contribution is -0.127. The first-order chi connectivity index (χ1) is 9.08. The average Bonchev–Trinajstić information content (AvgIpc) is 2.98. The molecule has 7 heteroatoms. The highest BCUT2D eigenvalue weighted by molar-refractivity contribution is 7.84. The Balaban J connectivity index is 1.92. The largest absolute Gasteiger partial charge is 0.477 e. The molecule has 1 aromatic heterocycles. The smallest absolute Gasteiger partial charge is 0.346 e. The molecule has 1 N–H and O–H groups in total. The summed E-state index contributed by atoms with van der Waals surface area (Å²) in [6, 6.07) is 1.66. The van der Waals surface area contributed by atoms with Crippen LogP contribution in [0.15, 0.2) is 11.4 Å². The summed E-state index contributed by atoms with van der Waals surface area (Å²) in [4.78, 5) is 24.7. The third-order valence-corrected chi connectivity index (χ3v) is 5.15. The van der Waals surface area contributed by atoms with Gasteiger partial charge in [0.25, 0.3) is 0 Å². The SMILES string of the molecule is O=C(O)c1sccc1CS(=O)CC(=O)N1CCCC1. The van der Waals surface area contributed by atoms with E-state index in [2.05, 4.69) is 0 Å². The maximum Gasteiger partial charge on any atom is 0.346 e. The average molecular weight is 301 g/mol. The van der Waals surface area contributed by atoms with E-state index >= 15 is 0 Å². The molecule has 1 aliphatic rings. The summed E-state index contributed by atoms with van der Waals surface area (Å²) < 4.78 is 11.9. The molecule has 1 amide bonds. The summed E-state index contributed by atoms with van der Waals surface area (Å²) in [6.45, 7) is 1.49. The number of carboxylic acid groups (broad SMARTS) is 1. The van der Waals surface area contributed by atoms with E-state index in [-0.39, 0.29) is 22.3 Å². The van der Waals surface area contributed by atoms with Gasteiger partial charge in [-0.25, -0.2) is 4.79 Å². The number of likely N-dealkylation sites (tertiary alicyclic amines) is 1. The molecule has 0 aromatic carbocycles. The zero-order chi connectivity index (χ0) is 13.8. The number of amides is 1. The van der Waals surface area contributed by atoms with Crippen LogP contribution in [0.3, 0.4) is 0 Å². The molecule has 0 aliphatic carbocycles. The van der Waals surface area contributed by atoms with E-state index in [4.69, 9.17) is 5.11 Å². The van der Waals surface area contributed by atoms with Gasteiger partial charge in [0, 0.05) is 23.9 Å². The van der Waals surface area contributed by atoms with Crippen molar-refractivity contribution in [2.45, 2.75) is 18.6 Å². The molecule has 1 fully saturated rings. The Morgan fingerprint density at radius 1 is 1.37 bits per heavy atom. The van der Waals surface area contributed by atoms with Gasteiger partial charge in [-0.2, -0.15) is 0 Å². The van der Waals surface area contributed by atoms with Crippen molar-refractivity contribution in [1.82, 2.24) is 4.90 Å². The Bertz CT molecular complexity index is 506. The number of carbonyl (C=O) groups excluding carboxylic acids is 1. The fraction of sp³-hybridized carbons (Fsp3) is 0.500. The highest BCUT2D eigenvalue weighted by atomic mass is 32.2. The molecule has 1 saturated heterocycles. The van der Waals surface area contributed by atoms with Crippen LogP contribution in [0.25, 0.3) is 0 Å². The number of carbonyl (C=O) groups is 2. The predicted octanol–water partition coefficient (Wildman–Crippen LogP) is 1.32. The molecule has 1 atom stereocenters. The van der Waals surface area contributed by atoms with Crippen LogP contribution >= 0.6 is 11.3 Å². The zero-order valence-corrected chi connectivity index (χ0v) is 12.0. The van der Waals surface area contributed by atoms with Gasteiger partial charge in [-0.15, -0.1) is 11.3 Å². The molecular formula is C12H15NO4S2. The molecule has 104 valence electrons. The second-order valence-corrected chi connectivity index (χ2v) is 6.77. The fourth-order valence-corrected chi connectivity index (χ4v) is 4.06. The summed E-state index contributed by atoms with van der Waals surface area (Å²) >= 11 is 1.11. The number of thiophene rings is 1. The van der Waals surface area contributed by atoms with Crippen molar-refractivity contribution < 1.29 is 18.9 Å². The van der Waals surface area contributed by atoms with E-state index < -0.39 is 16.8 Å². The number of aromatic carboxylic acids is 1. The second kappa shape index (κ2) is 6.29. The summed E-state index contributed by atoms with van der Waals surface area (Å²) in [5, 5.41) is 10.6. The maximum atomic E-state index is 11.9. The van der Waals surface area contributed by atoms with Crippen LogP contribution in [0.5, 0.6) is 0 Å². The van der Waals surface area contributed by atoms with Gasteiger partial charge in [-0.1, -0.05) is 0 Å². The Morgan fingerprint density at radius 3 is 2.68 bits per heavy atom. The Hall–Kier alpha value is -1.21. The quantitative estimate of drug-likeness (QED) is 0.890. The van der Waals surface area contributed by atoms with E-state index in [0.717, 1.165) is 37.3 Å². The van der Waals surface area contributed by atoms with Gasteiger partial charge in [0.1, 0.15) is 10.6 Å². The van der Waals surface area contributed by atoms with Crippen LogP contribution < -0.4 is 0 Å². The van der Waals surface area contributed by atoms with Crippen molar-refractivity contribution in [2.75, 3.05) is 18.8 Å². The standard InChI is InChI=1S/C12H15NO4S2/c14-10(13-4-1-2-5-13)8-19(17)7-9-3-6-18-11(9)12(15)16/h3,6H,1-2,4-5,7-8H2,(H,15,16). The van der Waals surface area contributed by atoms with Crippen molar-refractivity contribution in [1.29, 1.82) is 0 Å². The van der Waals surface area contributed by atoms with Crippen LogP contribution in [0.1, 0.15) is 28.1 Å². The lowest BCUT2D eigenvalue weighted by Crippen LogP contribution is -2.32. The van der Waals surface area contributed by atoms with Crippen molar-refractivity contribution in [3.05, 3.63) is 21.9 Å². The molecule has 0 spiro atoms. The topological polar surface area (TPSA) is 74.7 Å². The molecule has 1 unspecified atom stereocenters. The van der Waals surface area contributed by atoms with E-state index in [1.807, 2.05) is 0 Å². The highest BCUT2D eigenvalue weighted by Gasteiger charge is 2.21. The van der Waals surface area contributed by atoms with Crippen LogP contribution in [-0.2, 0) is 21.3 Å². The lowest BCUT2D eigenvalue weighted by atomic mass is 10.3. The minimum atomic E-state index is -1.35. The van der Waals surface area contributed by atoms with Gasteiger partial charge in [0.2, 0.25) is 5.91 Å². The molecule has 1 aliphatic heterocycles. The van der Waals surface area contributed by atoms with E-state index in [0.29, 0.717) is 5.56 Å². The summed E-state index contributed by atoms with van der Waals surface area (Å²) in [6.07, 6.45) is 2.01. The van der Waals surface area contributed by atoms with Gasteiger partial charge in [0.05, 0.1) is 5.75 Å². The monoisotopic (exact) mass is 301 g/mol. The summed E-state index contributed by atoms with van der Waals surface area (Å²) in [5.41, 5.74) is 0.546. The van der Waals surface area contributed by atoms with Crippen LogP contribution in [0, 0.1) is 0 Å². The molecule has 5 nitrogen and oxygen atoms in total.